The number of aromatic nitrogens is 4. The van der Waals surface area contributed by atoms with E-state index < -0.39 is 0 Å². The fourth-order valence-electron chi connectivity index (χ4n) is 3.25. The molecule has 24 heavy (non-hydrogen) atoms. The molecular weight excluding hydrogens is 342 g/mol. The summed E-state index contributed by atoms with van der Waals surface area (Å²) in [6.07, 6.45) is 7.01. The first-order valence-electron chi connectivity index (χ1n) is 8.52. The van der Waals surface area contributed by atoms with Crippen LogP contribution in [0.4, 0.5) is 0 Å². The van der Waals surface area contributed by atoms with E-state index in [9.17, 15) is 4.79 Å². The zero-order chi connectivity index (χ0) is 16.4. The van der Waals surface area contributed by atoms with Crippen LogP contribution in [-0.2, 0) is 11.3 Å². The third-order valence-corrected chi connectivity index (χ3v) is 6.35. The second-order valence-corrected chi connectivity index (χ2v) is 8.24. The summed E-state index contributed by atoms with van der Waals surface area (Å²) in [5.74, 6) is 0.600. The molecule has 0 atom stereocenters. The van der Waals surface area contributed by atoms with Gasteiger partial charge in [0.2, 0.25) is 11.1 Å². The maximum atomic E-state index is 12.7. The molecule has 8 heteroatoms. The molecule has 2 fully saturated rings. The summed E-state index contributed by atoms with van der Waals surface area (Å²) in [7, 11) is 0. The Hall–Kier alpha value is -1.41. The van der Waals surface area contributed by atoms with E-state index in [1.165, 1.54) is 30.2 Å². The van der Waals surface area contributed by atoms with Gasteiger partial charge in [-0.3, -0.25) is 4.79 Å². The summed E-state index contributed by atoms with van der Waals surface area (Å²) in [6, 6.07) is 2.92. The molecule has 2 aromatic rings. The van der Waals surface area contributed by atoms with E-state index in [0.717, 1.165) is 37.4 Å². The lowest BCUT2D eigenvalue weighted by Gasteiger charge is -2.22. The molecule has 0 unspecified atom stereocenters. The van der Waals surface area contributed by atoms with Crippen molar-refractivity contribution in [2.24, 2.45) is 0 Å². The van der Waals surface area contributed by atoms with Crippen molar-refractivity contribution < 1.29 is 4.79 Å². The predicted molar refractivity (Wildman–Crippen MR) is 93.9 cm³/mol. The Morgan fingerprint density at radius 2 is 2.17 bits per heavy atom. The lowest BCUT2D eigenvalue weighted by Crippen LogP contribution is -2.33. The van der Waals surface area contributed by atoms with Crippen LogP contribution in [-0.4, -0.2) is 42.8 Å². The van der Waals surface area contributed by atoms with Crippen molar-refractivity contribution in [1.82, 2.24) is 25.1 Å². The molecule has 1 amide bonds. The van der Waals surface area contributed by atoms with Crippen molar-refractivity contribution in [3.63, 3.8) is 0 Å². The predicted octanol–water partition coefficient (Wildman–Crippen LogP) is 3.13. The number of amides is 1. The third-order valence-electron chi connectivity index (χ3n) is 4.70. The first-order valence-corrected chi connectivity index (χ1v) is 10.5. The average Bonchev–Trinajstić information content (AvgIpc) is 3.05. The van der Waals surface area contributed by atoms with Crippen LogP contribution >= 0.6 is 23.1 Å². The van der Waals surface area contributed by atoms with Gasteiger partial charge in [-0.25, -0.2) is 4.68 Å². The lowest BCUT2D eigenvalue weighted by molar-refractivity contribution is -0.129. The number of hydrogen-bond acceptors (Lipinski definition) is 6. The lowest BCUT2D eigenvalue weighted by atomic mass is 10.3. The van der Waals surface area contributed by atoms with Gasteiger partial charge < -0.3 is 4.90 Å². The van der Waals surface area contributed by atoms with Crippen LogP contribution in [0.25, 0.3) is 0 Å². The highest BCUT2D eigenvalue weighted by Crippen LogP contribution is 2.32. The maximum Gasteiger partial charge on any atom is 0.233 e. The summed E-state index contributed by atoms with van der Waals surface area (Å²) in [5.41, 5.74) is 1.22. The summed E-state index contributed by atoms with van der Waals surface area (Å²) >= 11 is 3.15. The molecule has 0 N–H and O–H groups in total. The summed E-state index contributed by atoms with van der Waals surface area (Å²) < 4.78 is 1.92. The normalized spacial score (nSPS) is 18.2. The van der Waals surface area contributed by atoms with E-state index in [-0.39, 0.29) is 5.91 Å². The van der Waals surface area contributed by atoms with E-state index in [1.807, 2.05) is 9.58 Å². The Morgan fingerprint density at radius 3 is 2.88 bits per heavy atom. The third kappa shape index (κ3) is 3.64. The molecule has 0 radical (unpaired) electrons. The van der Waals surface area contributed by atoms with Crippen LogP contribution in [0.15, 0.2) is 22.0 Å². The first kappa shape index (κ1) is 16.1. The molecule has 2 aliphatic rings. The highest BCUT2D eigenvalue weighted by atomic mass is 32.2. The van der Waals surface area contributed by atoms with Crippen molar-refractivity contribution in [2.75, 3.05) is 5.75 Å². The SMILES string of the molecule is O=C(CSc1nnnn1C1CCCC1)N(Cc1ccsc1)C1CC1. The topological polar surface area (TPSA) is 63.9 Å². The molecule has 6 nitrogen and oxygen atoms in total. The number of thiophene rings is 1. The number of thioether (sulfide) groups is 1. The van der Waals surface area contributed by atoms with Gasteiger partial charge in [-0.15, -0.1) is 5.10 Å². The van der Waals surface area contributed by atoms with Gasteiger partial charge in [0, 0.05) is 12.6 Å². The largest absolute Gasteiger partial charge is 0.335 e. The van der Waals surface area contributed by atoms with Crippen LogP contribution in [0.5, 0.6) is 0 Å². The van der Waals surface area contributed by atoms with Gasteiger partial charge in [0.25, 0.3) is 0 Å². The zero-order valence-electron chi connectivity index (χ0n) is 13.5. The summed E-state index contributed by atoms with van der Waals surface area (Å²) in [5, 5.41) is 17.0. The van der Waals surface area contributed by atoms with Gasteiger partial charge in [0.15, 0.2) is 0 Å². The Kier molecular flexibility index (Phi) is 4.84. The highest BCUT2D eigenvalue weighted by Gasteiger charge is 2.33. The monoisotopic (exact) mass is 363 g/mol. The molecule has 4 rings (SSSR count). The van der Waals surface area contributed by atoms with Crippen LogP contribution in [0.1, 0.15) is 50.1 Å². The smallest absolute Gasteiger partial charge is 0.233 e. The average molecular weight is 364 g/mol. The quantitative estimate of drug-likeness (QED) is 0.707. The number of tetrazole rings is 1. The van der Waals surface area contributed by atoms with Crippen LogP contribution in [0.3, 0.4) is 0 Å². The van der Waals surface area contributed by atoms with E-state index in [0.29, 0.717) is 17.8 Å². The highest BCUT2D eigenvalue weighted by molar-refractivity contribution is 7.99. The first-order chi connectivity index (χ1) is 11.8. The van der Waals surface area contributed by atoms with Gasteiger partial charge in [0.1, 0.15) is 0 Å². The van der Waals surface area contributed by atoms with Gasteiger partial charge in [-0.1, -0.05) is 24.6 Å². The minimum absolute atomic E-state index is 0.190. The summed E-state index contributed by atoms with van der Waals surface area (Å²) in [6.45, 7) is 0.723. The van der Waals surface area contributed by atoms with Crippen molar-refractivity contribution in [3.05, 3.63) is 22.4 Å². The van der Waals surface area contributed by atoms with Gasteiger partial charge in [-0.2, -0.15) is 11.3 Å². The molecular formula is C16H21N5OS2. The van der Waals surface area contributed by atoms with Crippen molar-refractivity contribution in [2.45, 2.75) is 62.3 Å². The van der Waals surface area contributed by atoms with E-state index >= 15 is 0 Å². The maximum absolute atomic E-state index is 12.7. The molecule has 128 valence electrons. The summed E-state index contributed by atoms with van der Waals surface area (Å²) in [4.78, 5) is 14.7. The molecule has 0 aliphatic heterocycles. The molecule has 0 aromatic carbocycles. The fraction of sp³-hybridized carbons (Fsp3) is 0.625. The number of hydrogen-bond donors (Lipinski definition) is 0. The van der Waals surface area contributed by atoms with Gasteiger partial charge >= 0.3 is 0 Å². The Morgan fingerprint density at radius 1 is 1.33 bits per heavy atom. The van der Waals surface area contributed by atoms with Crippen molar-refractivity contribution >= 4 is 29.0 Å². The molecule has 2 aromatic heterocycles. The molecule has 0 bridgehead atoms. The van der Waals surface area contributed by atoms with Crippen LogP contribution in [0, 0.1) is 0 Å². The second-order valence-electron chi connectivity index (χ2n) is 6.52. The van der Waals surface area contributed by atoms with Crippen molar-refractivity contribution in [3.8, 4) is 0 Å². The Labute approximate surface area is 149 Å². The molecule has 0 saturated heterocycles. The molecule has 2 heterocycles. The number of nitrogens with zero attached hydrogens (tertiary/aromatic N) is 5. The number of rotatable bonds is 7. The van der Waals surface area contributed by atoms with E-state index in [2.05, 4.69) is 32.4 Å². The fourth-order valence-corrected chi connectivity index (χ4v) is 4.74. The van der Waals surface area contributed by atoms with Crippen molar-refractivity contribution in [1.29, 1.82) is 0 Å². The van der Waals surface area contributed by atoms with Crippen LogP contribution < -0.4 is 0 Å². The molecule has 2 aliphatic carbocycles. The Bertz CT molecular complexity index is 676. The standard InChI is InChI=1S/C16H21N5OS2/c22-15(20(13-5-6-13)9-12-7-8-23-10-12)11-24-16-17-18-19-21(16)14-3-1-2-4-14/h7-8,10,13-14H,1-6,9,11H2. The second kappa shape index (κ2) is 7.23. The zero-order valence-corrected chi connectivity index (χ0v) is 15.1. The number of carbonyl (C=O) groups is 1. The van der Waals surface area contributed by atoms with E-state index in [4.69, 9.17) is 0 Å². The van der Waals surface area contributed by atoms with Gasteiger partial charge in [0.05, 0.1) is 11.8 Å². The minimum Gasteiger partial charge on any atom is -0.335 e. The molecule has 2 saturated carbocycles. The minimum atomic E-state index is 0.190. The van der Waals surface area contributed by atoms with E-state index in [1.54, 1.807) is 11.3 Å². The molecule has 0 spiro atoms. The van der Waals surface area contributed by atoms with Crippen LogP contribution in [0.2, 0.25) is 0 Å². The number of carbonyl (C=O) groups excluding carboxylic acids is 1. The van der Waals surface area contributed by atoms with Gasteiger partial charge in [-0.05, 0) is 58.5 Å². The Balaban J connectivity index is 1.37.